The van der Waals surface area contributed by atoms with Crippen LogP contribution < -0.4 is 14.9 Å². The molecule has 6 aromatic rings. The van der Waals surface area contributed by atoms with E-state index < -0.39 is 6.10 Å². The van der Waals surface area contributed by atoms with Crippen molar-refractivity contribution >= 4 is 46.6 Å². The SMILES string of the molecule is OC1Cc2cc(/C=N/N(c3ccccc3)c3ccccc3)ccc2N(c2ccc(/C=N/N(c3ccccc3)c3ccccc3)cc2)C1. The molecule has 6 aromatic carbocycles. The Balaban J connectivity index is 1.12. The molecule has 230 valence electrons. The fourth-order valence-electron chi connectivity index (χ4n) is 5.82. The van der Waals surface area contributed by atoms with Gasteiger partial charge in [0.1, 0.15) is 0 Å². The van der Waals surface area contributed by atoms with Crippen LogP contribution in [0.25, 0.3) is 0 Å². The Bertz CT molecular complexity index is 1870. The maximum atomic E-state index is 10.9. The molecule has 6 heteroatoms. The summed E-state index contributed by atoms with van der Waals surface area (Å²) in [5.74, 6) is 0. The molecule has 0 amide bonds. The molecule has 0 spiro atoms. The summed E-state index contributed by atoms with van der Waals surface area (Å²) in [6.45, 7) is 0.527. The molecule has 7 rings (SSSR count). The molecule has 1 heterocycles. The van der Waals surface area contributed by atoms with Gasteiger partial charge in [-0.25, -0.2) is 10.0 Å². The standard InChI is InChI=1S/C41H35N5O/c47-40-28-34-27-33(30-43-46(38-17-9-3-10-18-38)39-19-11-4-12-20-39)23-26-41(34)44(31-40)35-24-21-32(22-25-35)29-42-45(36-13-5-1-6-14-36)37-15-7-2-8-16-37/h1-27,29-30,40,47H,28,31H2/b42-29+,43-30+. The van der Waals surface area contributed by atoms with Crippen LogP contribution in [0.5, 0.6) is 0 Å². The minimum atomic E-state index is -0.480. The van der Waals surface area contributed by atoms with E-state index in [1.165, 1.54) is 0 Å². The number of hydrogen-bond acceptors (Lipinski definition) is 6. The quantitative estimate of drug-likeness (QED) is 0.131. The lowest BCUT2D eigenvalue weighted by Crippen LogP contribution is -2.35. The number of aliphatic hydroxyl groups is 1. The summed E-state index contributed by atoms with van der Waals surface area (Å²) >= 11 is 0. The lowest BCUT2D eigenvalue weighted by molar-refractivity contribution is 0.178. The molecule has 47 heavy (non-hydrogen) atoms. The number of hydrazone groups is 2. The van der Waals surface area contributed by atoms with Crippen molar-refractivity contribution in [3.05, 3.63) is 180 Å². The van der Waals surface area contributed by atoms with Gasteiger partial charge in [0, 0.05) is 24.3 Å². The lowest BCUT2D eigenvalue weighted by atomic mass is 9.97. The van der Waals surface area contributed by atoms with Crippen LogP contribution >= 0.6 is 0 Å². The Morgan fingerprint density at radius 1 is 0.532 bits per heavy atom. The molecular weight excluding hydrogens is 578 g/mol. The molecule has 6 nitrogen and oxygen atoms in total. The summed E-state index contributed by atoms with van der Waals surface area (Å²) in [4.78, 5) is 2.19. The molecule has 1 aliphatic rings. The predicted octanol–water partition coefficient (Wildman–Crippen LogP) is 9.09. The normalized spacial score (nSPS) is 14.3. The van der Waals surface area contributed by atoms with Crippen molar-refractivity contribution in [2.24, 2.45) is 10.2 Å². The number of fused-ring (bicyclic) bond motifs is 1. The van der Waals surface area contributed by atoms with E-state index in [0.29, 0.717) is 13.0 Å². The molecule has 1 N–H and O–H groups in total. The van der Waals surface area contributed by atoms with E-state index in [4.69, 9.17) is 10.2 Å². The monoisotopic (exact) mass is 613 g/mol. The molecule has 1 aliphatic heterocycles. The first-order valence-corrected chi connectivity index (χ1v) is 15.8. The van der Waals surface area contributed by atoms with Crippen LogP contribution in [-0.2, 0) is 6.42 Å². The zero-order valence-corrected chi connectivity index (χ0v) is 25.9. The highest BCUT2D eigenvalue weighted by molar-refractivity contribution is 5.85. The second-order valence-corrected chi connectivity index (χ2v) is 11.4. The molecule has 1 atom stereocenters. The first kappa shape index (κ1) is 29.7. The van der Waals surface area contributed by atoms with E-state index in [1.807, 2.05) is 144 Å². The van der Waals surface area contributed by atoms with Crippen molar-refractivity contribution in [1.82, 2.24) is 0 Å². The average Bonchev–Trinajstić information content (AvgIpc) is 3.13. The number of benzene rings is 6. The third-order valence-corrected chi connectivity index (χ3v) is 8.10. The second-order valence-electron chi connectivity index (χ2n) is 11.4. The molecular formula is C41H35N5O. The van der Waals surface area contributed by atoms with Crippen molar-refractivity contribution in [2.75, 3.05) is 21.5 Å². The first-order chi connectivity index (χ1) is 23.2. The van der Waals surface area contributed by atoms with Gasteiger partial charge in [0.25, 0.3) is 0 Å². The fraction of sp³-hybridized carbons (Fsp3) is 0.0732. The fourth-order valence-corrected chi connectivity index (χ4v) is 5.82. The van der Waals surface area contributed by atoms with Crippen LogP contribution in [0, 0.1) is 0 Å². The third-order valence-electron chi connectivity index (χ3n) is 8.10. The van der Waals surface area contributed by atoms with Gasteiger partial charge in [-0.3, -0.25) is 0 Å². The van der Waals surface area contributed by atoms with Crippen molar-refractivity contribution in [3.8, 4) is 0 Å². The van der Waals surface area contributed by atoms with Gasteiger partial charge in [-0.1, -0.05) is 91.0 Å². The summed E-state index contributed by atoms with van der Waals surface area (Å²) in [7, 11) is 0. The number of rotatable bonds is 9. The van der Waals surface area contributed by atoms with E-state index in [2.05, 4.69) is 47.4 Å². The lowest BCUT2D eigenvalue weighted by Gasteiger charge is -2.34. The minimum absolute atomic E-state index is 0.480. The Morgan fingerprint density at radius 2 is 0.957 bits per heavy atom. The summed E-state index contributed by atoms with van der Waals surface area (Å²) in [5.41, 5.74) is 9.10. The maximum Gasteiger partial charge on any atom is 0.0760 e. The summed E-state index contributed by atoms with van der Waals surface area (Å²) in [6, 6.07) is 55.2. The van der Waals surface area contributed by atoms with Crippen LogP contribution in [-0.4, -0.2) is 30.2 Å². The Hall–Kier alpha value is -5.98. The number of hydrogen-bond donors (Lipinski definition) is 1. The minimum Gasteiger partial charge on any atom is -0.391 e. The molecule has 0 aliphatic carbocycles. The molecule has 0 fully saturated rings. The van der Waals surface area contributed by atoms with Crippen LogP contribution in [0.4, 0.5) is 34.1 Å². The van der Waals surface area contributed by atoms with Gasteiger partial charge in [-0.15, -0.1) is 0 Å². The van der Waals surface area contributed by atoms with E-state index >= 15 is 0 Å². The van der Waals surface area contributed by atoms with E-state index in [9.17, 15) is 5.11 Å². The van der Waals surface area contributed by atoms with E-state index in [1.54, 1.807) is 0 Å². The number of para-hydroxylation sites is 4. The van der Waals surface area contributed by atoms with Crippen LogP contribution in [0.2, 0.25) is 0 Å². The second kappa shape index (κ2) is 14.0. The topological polar surface area (TPSA) is 54.7 Å². The average molecular weight is 614 g/mol. The maximum absolute atomic E-state index is 10.9. The molecule has 1 unspecified atom stereocenters. The molecule has 0 radical (unpaired) electrons. The van der Waals surface area contributed by atoms with Gasteiger partial charge in [0.05, 0.1) is 41.3 Å². The highest BCUT2D eigenvalue weighted by Crippen LogP contribution is 2.34. The van der Waals surface area contributed by atoms with Crippen molar-refractivity contribution in [3.63, 3.8) is 0 Å². The Morgan fingerprint density at radius 3 is 1.43 bits per heavy atom. The third kappa shape index (κ3) is 6.98. The number of aliphatic hydroxyl groups excluding tert-OH is 1. The van der Waals surface area contributed by atoms with Crippen LogP contribution in [0.3, 0.4) is 0 Å². The van der Waals surface area contributed by atoms with Gasteiger partial charge in [-0.2, -0.15) is 10.2 Å². The zero-order valence-electron chi connectivity index (χ0n) is 25.9. The Kier molecular flexibility index (Phi) is 8.84. The van der Waals surface area contributed by atoms with Crippen molar-refractivity contribution in [2.45, 2.75) is 12.5 Å². The summed E-state index contributed by atoms with van der Waals surface area (Å²) < 4.78 is 0. The van der Waals surface area contributed by atoms with Crippen LogP contribution in [0.15, 0.2) is 174 Å². The zero-order chi connectivity index (χ0) is 31.8. The van der Waals surface area contributed by atoms with Crippen LogP contribution in [0.1, 0.15) is 16.7 Å². The van der Waals surface area contributed by atoms with Gasteiger partial charge in [0.2, 0.25) is 0 Å². The van der Waals surface area contributed by atoms with E-state index in [-0.39, 0.29) is 0 Å². The summed E-state index contributed by atoms with van der Waals surface area (Å²) in [5, 5.41) is 24.5. The molecule has 0 bridgehead atoms. The van der Waals surface area contributed by atoms with Gasteiger partial charge < -0.3 is 10.0 Å². The van der Waals surface area contributed by atoms with Gasteiger partial charge in [0.15, 0.2) is 0 Å². The highest BCUT2D eigenvalue weighted by Gasteiger charge is 2.24. The van der Waals surface area contributed by atoms with Crippen molar-refractivity contribution < 1.29 is 5.11 Å². The van der Waals surface area contributed by atoms with E-state index in [0.717, 1.165) is 50.8 Å². The number of β-amino-alcohol motifs (C(OH)–C–C–N with tert-alkyl or cyclic N) is 1. The summed E-state index contributed by atoms with van der Waals surface area (Å²) in [6.07, 6.45) is 3.87. The predicted molar refractivity (Wildman–Crippen MR) is 195 cm³/mol. The van der Waals surface area contributed by atoms with Crippen molar-refractivity contribution in [1.29, 1.82) is 0 Å². The van der Waals surface area contributed by atoms with Gasteiger partial charge >= 0.3 is 0 Å². The molecule has 0 aromatic heterocycles. The smallest absolute Gasteiger partial charge is 0.0760 e. The molecule has 0 saturated heterocycles. The largest absolute Gasteiger partial charge is 0.391 e. The first-order valence-electron chi connectivity index (χ1n) is 15.8. The number of anilines is 6. The molecule has 0 saturated carbocycles. The number of nitrogens with zero attached hydrogens (tertiary/aromatic N) is 5. The van der Waals surface area contributed by atoms with Gasteiger partial charge in [-0.05, 0) is 89.5 Å². The highest BCUT2D eigenvalue weighted by atomic mass is 16.3. The Labute approximate surface area is 275 Å².